The number of oxazole rings is 1. The molecule has 3 aromatic heterocycles. The van der Waals surface area contributed by atoms with Gasteiger partial charge in [0, 0.05) is 29.1 Å². The Kier molecular flexibility index (Phi) is 4.15. The largest absolute Gasteiger partial charge is 0.441 e. The summed E-state index contributed by atoms with van der Waals surface area (Å²) in [4.78, 5) is 17.3. The molecule has 0 saturated carbocycles. The first-order chi connectivity index (χ1) is 12.8. The SMILES string of the molecule is Cc1oc(-c2cccc(Cl)c2)nc1Cn1c(=O)cc(C)c2c(C)nn(C)c21. The van der Waals surface area contributed by atoms with Crippen LogP contribution in [0.3, 0.4) is 0 Å². The highest BCUT2D eigenvalue weighted by atomic mass is 35.5. The second-order valence-electron chi connectivity index (χ2n) is 6.69. The molecular weight excluding hydrogens is 364 g/mol. The Balaban J connectivity index is 1.83. The average Bonchev–Trinajstić information content (AvgIpc) is 3.11. The minimum Gasteiger partial charge on any atom is -0.441 e. The van der Waals surface area contributed by atoms with Crippen LogP contribution >= 0.6 is 11.6 Å². The van der Waals surface area contributed by atoms with Crippen LogP contribution in [-0.4, -0.2) is 19.3 Å². The van der Waals surface area contributed by atoms with Gasteiger partial charge in [0.1, 0.15) is 17.1 Å². The Morgan fingerprint density at radius 3 is 2.70 bits per heavy atom. The fourth-order valence-electron chi connectivity index (χ4n) is 3.48. The zero-order valence-electron chi connectivity index (χ0n) is 15.6. The number of rotatable bonds is 3. The van der Waals surface area contributed by atoms with Gasteiger partial charge < -0.3 is 4.42 Å². The summed E-state index contributed by atoms with van der Waals surface area (Å²) in [5, 5.41) is 6.09. The molecule has 27 heavy (non-hydrogen) atoms. The minimum atomic E-state index is -0.0882. The summed E-state index contributed by atoms with van der Waals surface area (Å²) in [7, 11) is 1.85. The Bertz CT molecular complexity index is 1230. The van der Waals surface area contributed by atoms with Gasteiger partial charge in [-0.1, -0.05) is 17.7 Å². The van der Waals surface area contributed by atoms with E-state index in [1.807, 2.05) is 40.0 Å². The van der Waals surface area contributed by atoms with E-state index in [1.54, 1.807) is 27.4 Å². The topological polar surface area (TPSA) is 65.8 Å². The Morgan fingerprint density at radius 2 is 1.96 bits per heavy atom. The van der Waals surface area contributed by atoms with E-state index in [2.05, 4.69) is 10.1 Å². The van der Waals surface area contributed by atoms with Crippen molar-refractivity contribution >= 4 is 22.6 Å². The molecule has 0 N–H and O–H groups in total. The fourth-order valence-corrected chi connectivity index (χ4v) is 3.67. The predicted octanol–water partition coefficient (Wildman–Crippen LogP) is 4.02. The molecule has 7 heteroatoms. The van der Waals surface area contributed by atoms with Crippen LogP contribution in [0.4, 0.5) is 0 Å². The lowest BCUT2D eigenvalue weighted by molar-refractivity contribution is 0.537. The number of pyridine rings is 1. The first-order valence-electron chi connectivity index (χ1n) is 8.61. The van der Waals surface area contributed by atoms with Crippen LogP contribution in [0.15, 0.2) is 39.5 Å². The number of halogens is 1. The van der Waals surface area contributed by atoms with Gasteiger partial charge in [-0.05, 0) is 44.5 Å². The van der Waals surface area contributed by atoms with Gasteiger partial charge in [-0.25, -0.2) is 4.98 Å². The van der Waals surface area contributed by atoms with Crippen molar-refractivity contribution in [3.63, 3.8) is 0 Å². The molecule has 0 spiro atoms. The quantitative estimate of drug-likeness (QED) is 0.536. The third kappa shape index (κ3) is 2.96. The van der Waals surface area contributed by atoms with Crippen molar-refractivity contribution in [1.82, 2.24) is 19.3 Å². The summed E-state index contributed by atoms with van der Waals surface area (Å²) in [6.07, 6.45) is 0. The van der Waals surface area contributed by atoms with E-state index >= 15 is 0 Å². The maximum Gasteiger partial charge on any atom is 0.252 e. The van der Waals surface area contributed by atoms with Crippen LogP contribution in [0, 0.1) is 20.8 Å². The minimum absolute atomic E-state index is 0.0882. The van der Waals surface area contributed by atoms with Crippen molar-refractivity contribution in [2.45, 2.75) is 27.3 Å². The third-order valence-corrected chi connectivity index (χ3v) is 4.96. The normalized spacial score (nSPS) is 11.4. The number of aromatic nitrogens is 4. The van der Waals surface area contributed by atoms with Crippen LogP contribution in [0.25, 0.3) is 22.5 Å². The fraction of sp³-hybridized carbons (Fsp3) is 0.250. The van der Waals surface area contributed by atoms with Gasteiger partial charge in [0.15, 0.2) is 0 Å². The highest BCUT2D eigenvalue weighted by Crippen LogP contribution is 2.26. The molecule has 1 aromatic carbocycles. The standard InChI is InChI=1S/C20H19ClN4O2/c1-11-8-17(26)25(20-18(11)12(2)23-24(20)4)10-16-13(3)27-19(22-16)14-6-5-7-15(21)9-14/h5-9H,10H2,1-4H3. The van der Waals surface area contributed by atoms with Gasteiger partial charge in [0.2, 0.25) is 5.89 Å². The van der Waals surface area contributed by atoms with Crippen molar-refractivity contribution in [2.75, 3.05) is 0 Å². The van der Waals surface area contributed by atoms with Crippen molar-refractivity contribution in [2.24, 2.45) is 7.05 Å². The van der Waals surface area contributed by atoms with Gasteiger partial charge in [-0.3, -0.25) is 14.0 Å². The van der Waals surface area contributed by atoms with E-state index < -0.39 is 0 Å². The molecule has 3 heterocycles. The van der Waals surface area contributed by atoms with E-state index in [9.17, 15) is 4.79 Å². The lowest BCUT2D eigenvalue weighted by Crippen LogP contribution is -2.22. The monoisotopic (exact) mass is 382 g/mol. The van der Waals surface area contributed by atoms with Crippen molar-refractivity contribution in [3.8, 4) is 11.5 Å². The molecular formula is C20H19ClN4O2. The number of aryl methyl sites for hydroxylation is 4. The van der Waals surface area contributed by atoms with Gasteiger partial charge in [0.05, 0.1) is 12.2 Å². The Labute approximate surface area is 161 Å². The number of hydrogen-bond acceptors (Lipinski definition) is 4. The second kappa shape index (κ2) is 6.39. The molecule has 0 fully saturated rings. The number of fused-ring (bicyclic) bond motifs is 1. The molecule has 0 aliphatic rings. The van der Waals surface area contributed by atoms with Crippen LogP contribution < -0.4 is 5.56 Å². The Morgan fingerprint density at radius 1 is 1.19 bits per heavy atom. The van der Waals surface area contributed by atoms with E-state index in [0.717, 1.165) is 27.9 Å². The van der Waals surface area contributed by atoms with E-state index in [-0.39, 0.29) is 5.56 Å². The molecule has 0 atom stereocenters. The van der Waals surface area contributed by atoms with Crippen LogP contribution in [0.5, 0.6) is 0 Å². The van der Waals surface area contributed by atoms with Crippen molar-refractivity contribution < 1.29 is 4.42 Å². The van der Waals surface area contributed by atoms with Gasteiger partial charge in [-0.2, -0.15) is 5.10 Å². The van der Waals surface area contributed by atoms with Crippen LogP contribution in [-0.2, 0) is 13.6 Å². The summed E-state index contributed by atoms with van der Waals surface area (Å²) in [6, 6.07) is 8.99. The van der Waals surface area contributed by atoms with Gasteiger partial charge in [-0.15, -0.1) is 0 Å². The molecule has 0 unspecified atom stereocenters. The maximum absolute atomic E-state index is 12.7. The average molecular weight is 383 g/mol. The first kappa shape index (κ1) is 17.5. The van der Waals surface area contributed by atoms with Crippen LogP contribution in [0.2, 0.25) is 5.02 Å². The van der Waals surface area contributed by atoms with Gasteiger partial charge >= 0.3 is 0 Å². The van der Waals surface area contributed by atoms with Gasteiger partial charge in [0.25, 0.3) is 5.56 Å². The molecule has 0 saturated heterocycles. The molecule has 6 nitrogen and oxygen atoms in total. The Hall–Kier alpha value is -2.86. The van der Waals surface area contributed by atoms with E-state index in [1.165, 1.54) is 0 Å². The summed E-state index contributed by atoms with van der Waals surface area (Å²) in [5.41, 5.74) is 4.02. The van der Waals surface area contributed by atoms with Crippen molar-refractivity contribution in [3.05, 3.63) is 68.4 Å². The zero-order chi connectivity index (χ0) is 19.3. The zero-order valence-corrected chi connectivity index (χ0v) is 16.3. The molecule has 0 aliphatic heterocycles. The van der Waals surface area contributed by atoms with E-state index in [0.29, 0.717) is 28.9 Å². The lowest BCUT2D eigenvalue weighted by Gasteiger charge is -2.09. The third-order valence-electron chi connectivity index (χ3n) is 4.72. The molecule has 0 aliphatic carbocycles. The smallest absolute Gasteiger partial charge is 0.252 e. The molecule has 0 radical (unpaired) electrons. The number of nitrogens with zero attached hydrogens (tertiary/aromatic N) is 4. The number of hydrogen-bond donors (Lipinski definition) is 0. The van der Waals surface area contributed by atoms with Crippen LogP contribution in [0.1, 0.15) is 22.7 Å². The number of benzene rings is 1. The van der Waals surface area contributed by atoms with E-state index in [4.69, 9.17) is 16.0 Å². The summed E-state index contributed by atoms with van der Waals surface area (Å²) < 4.78 is 9.26. The van der Waals surface area contributed by atoms with Crippen molar-refractivity contribution in [1.29, 1.82) is 0 Å². The molecule has 4 aromatic rings. The predicted molar refractivity (Wildman–Crippen MR) is 105 cm³/mol. The summed E-state index contributed by atoms with van der Waals surface area (Å²) in [6.45, 7) is 6.04. The maximum atomic E-state index is 12.7. The summed E-state index contributed by atoms with van der Waals surface area (Å²) in [5.74, 6) is 1.16. The second-order valence-corrected chi connectivity index (χ2v) is 7.13. The molecule has 0 bridgehead atoms. The summed E-state index contributed by atoms with van der Waals surface area (Å²) >= 11 is 6.07. The first-order valence-corrected chi connectivity index (χ1v) is 8.99. The molecule has 138 valence electrons. The molecule has 4 rings (SSSR count). The molecule has 0 amide bonds. The highest BCUT2D eigenvalue weighted by Gasteiger charge is 2.18. The highest BCUT2D eigenvalue weighted by molar-refractivity contribution is 6.30. The lowest BCUT2D eigenvalue weighted by atomic mass is 10.1.